The largest absolute Gasteiger partial charge is 0.393 e. The van der Waals surface area contributed by atoms with Crippen LogP contribution >= 0.6 is 0 Å². The van der Waals surface area contributed by atoms with E-state index in [1.54, 1.807) is 0 Å². The second-order valence-corrected chi connectivity index (χ2v) is 4.68. The van der Waals surface area contributed by atoms with E-state index in [1.807, 2.05) is 0 Å². The van der Waals surface area contributed by atoms with E-state index in [2.05, 4.69) is 0 Å². The second kappa shape index (κ2) is 3.37. The normalized spacial score (nSPS) is 35.2. The van der Waals surface area contributed by atoms with Crippen LogP contribution in [0.15, 0.2) is 0 Å². The third kappa shape index (κ3) is 1.39. The minimum Gasteiger partial charge on any atom is -0.393 e. The lowest BCUT2D eigenvalue weighted by Crippen LogP contribution is -2.39. The van der Waals surface area contributed by atoms with Gasteiger partial charge < -0.3 is 5.11 Å². The summed E-state index contributed by atoms with van der Waals surface area (Å²) in [5.41, 5.74) is 0.372. The standard InChI is InChI=1S/C11H20O/c12-10-6-2-5-9-11(10)7-3-1-4-8-11/h10,12H,1-9H2. The Morgan fingerprint density at radius 1 is 0.833 bits per heavy atom. The first kappa shape index (κ1) is 8.55. The zero-order valence-corrected chi connectivity index (χ0v) is 7.89. The number of aliphatic hydroxyl groups excluding tert-OH is 1. The molecule has 1 N–H and O–H groups in total. The van der Waals surface area contributed by atoms with Gasteiger partial charge in [-0.2, -0.15) is 0 Å². The molecule has 70 valence electrons. The van der Waals surface area contributed by atoms with Gasteiger partial charge in [0.15, 0.2) is 0 Å². The molecule has 0 amide bonds. The first-order chi connectivity index (χ1) is 5.83. The maximum atomic E-state index is 9.98. The Morgan fingerprint density at radius 2 is 1.42 bits per heavy atom. The number of hydrogen-bond donors (Lipinski definition) is 1. The summed E-state index contributed by atoms with van der Waals surface area (Å²) in [6, 6.07) is 0. The van der Waals surface area contributed by atoms with Crippen molar-refractivity contribution in [2.45, 2.75) is 63.9 Å². The van der Waals surface area contributed by atoms with Crippen molar-refractivity contribution in [2.24, 2.45) is 5.41 Å². The minimum atomic E-state index is 0.0338. The number of aliphatic hydroxyl groups is 1. The van der Waals surface area contributed by atoms with Crippen molar-refractivity contribution in [1.29, 1.82) is 0 Å². The van der Waals surface area contributed by atoms with E-state index in [0.717, 1.165) is 6.42 Å². The first-order valence-electron chi connectivity index (χ1n) is 5.52. The Morgan fingerprint density at radius 3 is 2.00 bits per heavy atom. The van der Waals surface area contributed by atoms with Gasteiger partial charge in [0, 0.05) is 0 Å². The van der Waals surface area contributed by atoms with E-state index < -0.39 is 0 Å². The third-order valence-corrected chi connectivity index (χ3v) is 3.96. The van der Waals surface area contributed by atoms with E-state index in [9.17, 15) is 5.11 Å². The molecule has 1 unspecified atom stereocenters. The van der Waals surface area contributed by atoms with Crippen LogP contribution in [-0.4, -0.2) is 11.2 Å². The molecular formula is C11H20O. The zero-order valence-electron chi connectivity index (χ0n) is 7.89. The Labute approximate surface area is 75.2 Å². The smallest absolute Gasteiger partial charge is 0.0596 e. The van der Waals surface area contributed by atoms with Crippen LogP contribution in [0.5, 0.6) is 0 Å². The molecule has 0 aliphatic heterocycles. The zero-order chi connectivity index (χ0) is 8.44. The fraction of sp³-hybridized carbons (Fsp3) is 1.00. The maximum Gasteiger partial charge on any atom is 0.0596 e. The van der Waals surface area contributed by atoms with Crippen LogP contribution in [0.3, 0.4) is 0 Å². The van der Waals surface area contributed by atoms with Crippen LogP contribution in [0.25, 0.3) is 0 Å². The molecule has 1 atom stereocenters. The summed E-state index contributed by atoms with van der Waals surface area (Å²) in [7, 11) is 0. The number of rotatable bonds is 0. The molecular weight excluding hydrogens is 148 g/mol. The summed E-state index contributed by atoms with van der Waals surface area (Å²) in [5.74, 6) is 0. The Hall–Kier alpha value is -0.0400. The van der Waals surface area contributed by atoms with Crippen LogP contribution in [0.1, 0.15) is 57.8 Å². The van der Waals surface area contributed by atoms with Crippen LogP contribution in [0.4, 0.5) is 0 Å². The van der Waals surface area contributed by atoms with Crippen molar-refractivity contribution in [3.8, 4) is 0 Å². The van der Waals surface area contributed by atoms with Gasteiger partial charge in [0.25, 0.3) is 0 Å². The van der Waals surface area contributed by atoms with Gasteiger partial charge in [0.1, 0.15) is 0 Å². The van der Waals surface area contributed by atoms with Gasteiger partial charge in [-0.15, -0.1) is 0 Å². The van der Waals surface area contributed by atoms with Gasteiger partial charge in [-0.3, -0.25) is 0 Å². The van der Waals surface area contributed by atoms with Crippen LogP contribution in [0.2, 0.25) is 0 Å². The monoisotopic (exact) mass is 168 g/mol. The lowest BCUT2D eigenvalue weighted by Gasteiger charge is -2.44. The van der Waals surface area contributed by atoms with Gasteiger partial charge in [-0.05, 0) is 31.1 Å². The van der Waals surface area contributed by atoms with E-state index in [4.69, 9.17) is 0 Å². The molecule has 2 saturated carbocycles. The molecule has 0 aromatic carbocycles. The minimum absolute atomic E-state index is 0.0338. The molecule has 2 fully saturated rings. The van der Waals surface area contributed by atoms with Gasteiger partial charge in [0.2, 0.25) is 0 Å². The van der Waals surface area contributed by atoms with Crippen LogP contribution in [0, 0.1) is 5.41 Å². The second-order valence-electron chi connectivity index (χ2n) is 4.68. The summed E-state index contributed by atoms with van der Waals surface area (Å²) in [6.45, 7) is 0. The molecule has 0 bridgehead atoms. The lowest BCUT2D eigenvalue weighted by molar-refractivity contribution is -0.0364. The molecule has 1 nitrogen and oxygen atoms in total. The van der Waals surface area contributed by atoms with E-state index in [-0.39, 0.29) is 6.10 Å². The predicted octanol–water partition coefficient (Wildman–Crippen LogP) is 2.87. The predicted molar refractivity (Wildman–Crippen MR) is 50.0 cm³/mol. The third-order valence-electron chi connectivity index (χ3n) is 3.96. The van der Waals surface area contributed by atoms with Crippen molar-refractivity contribution in [1.82, 2.24) is 0 Å². The quantitative estimate of drug-likeness (QED) is 0.589. The fourth-order valence-electron chi connectivity index (χ4n) is 3.13. The Balaban J connectivity index is 2.04. The van der Waals surface area contributed by atoms with Crippen LogP contribution in [-0.2, 0) is 0 Å². The summed E-state index contributed by atoms with van der Waals surface area (Å²) < 4.78 is 0. The highest BCUT2D eigenvalue weighted by Gasteiger charge is 2.40. The Kier molecular flexibility index (Phi) is 2.40. The molecule has 12 heavy (non-hydrogen) atoms. The van der Waals surface area contributed by atoms with Crippen molar-refractivity contribution in [3.05, 3.63) is 0 Å². The average molecular weight is 168 g/mol. The molecule has 0 aromatic rings. The van der Waals surface area contributed by atoms with Crippen molar-refractivity contribution in [3.63, 3.8) is 0 Å². The molecule has 0 aromatic heterocycles. The lowest BCUT2D eigenvalue weighted by atomic mass is 9.64. The molecule has 1 spiro atoms. The van der Waals surface area contributed by atoms with E-state index in [0.29, 0.717) is 5.41 Å². The van der Waals surface area contributed by atoms with E-state index in [1.165, 1.54) is 51.4 Å². The fourth-order valence-corrected chi connectivity index (χ4v) is 3.13. The summed E-state index contributed by atoms with van der Waals surface area (Å²) in [6.07, 6.45) is 11.7. The summed E-state index contributed by atoms with van der Waals surface area (Å²) in [5, 5.41) is 9.98. The SMILES string of the molecule is OC1CCCCC12CCCCC2. The van der Waals surface area contributed by atoms with E-state index >= 15 is 0 Å². The molecule has 0 heterocycles. The van der Waals surface area contributed by atoms with Crippen molar-refractivity contribution >= 4 is 0 Å². The van der Waals surface area contributed by atoms with Gasteiger partial charge in [-0.25, -0.2) is 0 Å². The molecule has 2 aliphatic rings. The van der Waals surface area contributed by atoms with Gasteiger partial charge in [-0.1, -0.05) is 32.1 Å². The topological polar surface area (TPSA) is 20.2 Å². The molecule has 0 saturated heterocycles. The van der Waals surface area contributed by atoms with Gasteiger partial charge >= 0.3 is 0 Å². The summed E-state index contributed by atoms with van der Waals surface area (Å²) >= 11 is 0. The molecule has 0 radical (unpaired) electrons. The van der Waals surface area contributed by atoms with Gasteiger partial charge in [0.05, 0.1) is 6.10 Å². The molecule has 2 aliphatic carbocycles. The van der Waals surface area contributed by atoms with Crippen molar-refractivity contribution < 1.29 is 5.11 Å². The highest BCUT2D eigenvalue weighted by molar-refractivity contribution is 4.91. The average Bonchev–Trinajstić information content (AvgIpc) is 2.12. The van der Waals surface area contributed by atoms with Crippen molar-refractivity contribution in [2.75, 3.05) is 0 Å². The highest BCUT2D eigenvalue weighted by Crippen LogP contribution is 2.47. The molecule has 2 rings (SSSR count). The maximum absolute atomic E-state index is 9.98. The Bertz CT molecular complexity index is 139. The number of hydrogen-bond acceptors (Lipinski definition) is 1. The highest BCUT2D eigenvalue weighted by atomic mass is 16.3. The summed E-state index contributed by atoms with van der Waals surface area (Å²) in [4.78, 5) is 0. The molecule has 1 heteroatoms. The van der Waals surface area contributed by atoms with Crippen LogP contribution < -0.4 is 0 Å². The first-order valence-corrected chi connectivity index (χ1v) is 5.52.